The molecule has 0 fully saturated rings. The molecular weight excluding hydrogens is 192 g/mol. The quantitative estimate of drug-likeness (QED) is 0.534. The summed E-state index contributed by atoms with van der Waals surface area (Å²) in [7, 11) is 0. The van der Waals surface area contributed by atoms with Crippen LogP contribution in [0.15, 0.2) is 12.1 Å². The molecule has 0 aliphatic rings. The molecule has 0 amide bonds. The fourth-order valence-electron chi connectivity index (χ4n) is 0.608. The van der Waals surface area contributed by atoms with Gasteiger partial charge < -0.3 is 0 Å². The van der Waals surface area contributed by atoms with Crippen LogP contribution >= 0.6 is 23.2 Å². The molecule has 1 aromatic rings. The second-order valence-electron chi connectivity index (χ2n) is 1.86. The van der Waals surface area contributed by atoms with Crippen LogP contribution in [0.25, 0.3) is 0 Å². The molecule has 0 saturated carbocycles. The van der Waals surface area contributed by atoms with Crippen LogP contribution in [0, 0.1) is 5.82 Å². The van der Waals surface area contributed by atoms with Gasteiger partial charge in [-0.3, -0.25) is 10.7 Å². The average molecular weight is 196 g/mol. The molecule has 0 bridgehead atoms. The van der Waals surface area contributed by atoms with Crippen molar-refractivity contribution < 1.29 is 9.60 Å². The van der Waals surface area contributed by atoms with Gasteiger partial charge in [-0.15, -0.1) is 0 Å². The normalized spacial score (nSPS) is 9.82. The monoisotopic (exact) mass is 195 g/mol. The Balaban J connectivity index is 3.21. The smallest absolute Gasteiger partial charge is 0.150 e. The van der Waals surface area contributed by atoms with E-state index in [2.05, 4.69) is 0 Å². The molecule has 0 aliphatic carbocycles. The van der Waals surface area contributed by atoms with Crippen LogP contribution in [0.5, 0.6) is 0 Å². The lowest BCUT2D eigenvalue weighted by atomic mass is 10.3. The third kappa shape index (κ3) is 1.74. The molecule has 0 spiro atoms. The number of rotatable bonds is 1. The van der Waals surface area contributed by atoms with E-state index in [1.807, 2.05) is 0 Å². The summed E-state index contributed by atoms with van der Waals surface area (Å²) in [4.78, 5) is 0. The fourth-order valence-corrected chi connectivity index (χ4v) is 0.922. The number of hydrogen-bond acceptors (Lipinski definition) is 2. The summed E-state index contributed by atoms with van der Waals surface area (Å²) in [5.41, 5.74) is 1.55. The third-order valence-corrected chi connectivity index (χ3v) is 1.85. The van der Waals surface area contributed by atoms with Crippen LogP contribution in [0.1, 0.15) is 0 Å². The summed E-state index contributed by atoms with van der Waals surface area (Å²) in [5, 5.41) is 8.64. The lowest BCUT2D eigenvalue weighted by molar-refractivity contribution is 0.384. The maximum absolute atomic E-state index is 12.7. The summed E-state index contributed by atoms with van der Waals surface area (Å²) in [6.07, 6.45) is 0. The van der Waals surface area contributed by atoms with Crippen LogP contribution in [0.3, 0.4) is 0 Å². The van der Waals surface area contributed by atoms with E-state index in [4.69, 9.17) is 28.4 Å². The molecule has 0 radical (unpaired) electrons. The van der Waals surface area contributed by atoms with Crippen molar-refractivity contribution in [2.24, 2.45) is 0 Å². The van der Waals surface area contributed by atoms with E-state index in [-0.39, 0.29) is 15.7 Å². The van der Waals surface area contributed by atoms with Gasteiger partial charge in [0.2, 0.25) is 0 Å². The van der Waals surface area contributed by atoms with Gasteiger partial charge in [-0.2, -0.15) is 0 Å². The third-order valence-electron chi connectivity index (χ3n) is 1.13. The Bertz CT molecular complexity index is 280. The van der Waals surface area contributed by atoms with Crippen molar-refractivity contribution in [1.29, 1.82) is 0 Å². The van der Waals surface area contributed by atoms with Gasteiger partial charge in [0.15, 0.2) is 0 Å². The average Bonchev–Trinajstić information content (AvgIpc) is 1.97. The van der Waals surface area contributed by atoms with E-state index in [0.717, 1.165) is 6.07 Å². The van der Waals surface area contributed by atoms with Crippen molar-refractivity contribution in [3.8, 4) is 0 Å². The first-order valence-electron chi connectivity index (χ1n) is 2.70. The van der Waals surface area contributed by atoms with Gasteiger partial charge >= 0.3 is 0 Å². The van der Waals surface area contributed by atoms with Gasteiger partial charge in [0.25, 0.3) is 0 Å². The van der Waals surface area contributed by atoms with E-state index in [1.165, 1.54) is 6.07 Å². The number of anilines is 1. The molecule has 5 heteroatoms. The van der Waals surface area contributed by atoms with Gasteiger partial charge in [-0.1, -0.05) is 23.2 Å². The maximum Gasteiger partial charge on any atom is 0.150 e. The minimum Gasteiger partial charge on any atom is -0.291 e. The molecule has 0 saturated heterocycles. The minimum atomic E-state index is -0.651. The second-order valence-corrected chi connectivity index (χ2v) is 2.67. The molecule has 1 rings (SSSR count). The van der Waals surface area contributed by atoms with Gasteiger partial charge in [0.05, 0.1) is 15.7 Å². The van der Waals surface area contributed by atoms with Crippen molar-refractivity contribution in [2.45, 2.75) is 0 Å². The number of benzene rings is 1. The lowest BCUT2D eigenvalue weighted by Gasteiger charge is -2.01. The van der Waals surface area contributed by atoms with Crippen LogP contribution < -0.4 is 5.48 Å². The van der Waals surface area contributed by atoms with Crippen LogP contribution in [0.2, 0.25) is 10.0 Å². The molecule has 0 unspecified atom stereocenters. The topological polar surface area (TPSA) is 32.3 Å². The number of hydrogen-bond donors (Lipinski definition) is 2. The summed E-state index contributed by atoms with van der Waals surface area (Å²) in [6, 6.07) is 2.21. The number of nitrogens with one attached hydrogen (secondary N) is 1. The number of halogens is 3. The zero-order valence-electron chi connectivity index (χ0n) is 5.24. The van der Waals surface area contributed by atoms with E-state index in [0.29, 0.717) is 0 Å². The predicted octanol–water partition coefficient (Wildman–Crippen LogP) is 2.93. The Kier molecular flexibility index (Phi) is 2.54. The summed E-state index contributed by atoms with van der Waals surface area (Å²) >= 11 is 11.0. The Labute approximate surface area is 72.5 Å². The van der Waals surface area contributed by atoms with Gasteiger partial charge in [0, 0.05) is 0 Å². The molecule has 60 valence electrons. The maximum atomic E-state index is 12.7. The van der Waals surface area contributed by atoms with Crippen molar-refractivity contribution in [2.75, 3.05) is 5.48 Å². The highest BCUT2D eigenvalue weighted by molar-refractivity contribution is 6.42. The predicted molar refractivity (Wildman–Crippen MR) is 41.8 cm³/mol. The van der Waals surface area contributed by atoms with Crippen molar-refractivity contribution in [3.63, 3.8) is 0 Å². The molecular formula is C6H4Cl2FNO. The first-order chi connectivity index (χ1) is 5.15. The van der Waals surface area contributed by atoms with E-state index < -0.39 is 5.82 Å². The van der Waals surface area contributed by atoms with Crippen LogP contribution in [0.4, 0.5) is 10.1 Å². The highest BCUT2D eigenvalue weighted by atomic mass is 35.5. The van der Waals surface area contributed by atoms with E-state index in [1.54, 1.807) is 5.48 Å². The second kappa shape index (κ2) is 3.26. The highest BCUT2D eigenvalue weighted by Gasteiger charge is 2.05. The molecule has 0 aromatic heterocycles. The molecule has 1 aromatic carbocycles. The van der Waals surface area contributed by atoms with Crippen molar-refractivity contribution in [1.82, 2.24) is 0 Å². The molecule has 0 atom stereocenters. The van der Waals surface area contributed by atoms with Crippen LogP contribution in [-0.4, -0.2) is 5.21 Å². The van der Waals surface area contributed by atoms with Crippen molar-refractivity contribution >= 4 is 28.9 Å². The van der Waals surface area contributed by atoms with Gasteiger partial charge in [-0.25, -0.2) is 4.39 Å². The molecule has 2 N–H and O–H groups in total. The summed E-state index contributed by atoms with van der Waals surface area (Å²) < 4.78 is 12.7. The largest absolute Gasteiger partial charge is 0.291 e. The van der Waals surface area contributed by atoms with Gasteiger partial charge in [0.1, 0.15) is 5.82 Å². The molecule has 2 nitrogen and oxygen atoms in total. The standard InChI is InChI=1S/C6H4Cl2FNO/c7-3-1-5(9)6(10-11)2-4(3)8/h1-2,10-11H. The Morgan fingerprint density at radius 3 is 2.36 bits per heavy atom. The zero-order chi connectivity index (χ0) is 8.43. The first-order valence-corrected chi connectivity index (χ1v) is 3.45. The highest BCUT2D eigenvalue weighted by Crippen LogP contribution is 2.27. The Morgan fingerprint density at radius 1 is 1.27 bits per heavy atom. The van der Waals surface area contributed by atoms with E-state index in [9.17, 15) is 4.39 Å². The van der Waals surface area contributed by atoms with E-state index >= 15 is 0 Å². The lowest BCUT2D eigenvalue weighted by Crippen LogP contribution is -1.92. The minimum absolute atomic E-state index is 0.0978. The molecule has 0 heterocycles. The zero-order valence-corrected chi connectivity index (χ0v) is 6.75. The Morgan fingerprint density at radius 2 is 1.82 bits per heavy atom. The van der Waals surface area contributed by atoms with Crippen LogP contribution in [-0.2, 0) is 0 Å². The molecule has 0 aliphatic heterocycles. The van der Waals surface area contributed by atoms with Crippen molar-refractivity contribution in [3.05, 3.63) is 28.0 Å². The summed E-state index contributed by atoms with van der Waals surface area (Å²) in [6.45, 7) is 0. The SMILES string of the molecule is ONc1cc(Cl)c(Cl)cc1F. The Hall–Kier alpha value is -0.510. The van der Waals surface area contributed by atoms with Gasteiger partial charge in [-0.05, 0) is 12.1 Å². The molecule has 11 heavy (non-hydrogen) atoms. The fraction of sp³-hybridized carbons (Fsp3) is 0. The first kappa shape index (κ1) is 8.59. The summed E-state index contributed by atoms with van der Waals surface area (Å²) in [5.74, 6) is -0.651.